The molecule has 1 fully saturated rings. The van der Waals surface area contributed by atoms with Crippen LogP contribution in [-0.2, 0) is 16.4 Å². The SMILES string of the molecule is O=S1(=O)c2ccc(-c3ccc(F)nc3)cc2C2CN(Cc3cccnc3)CC21. The molecule has 1 saturated heterocycles. The summed E-state index contributed by atoms with van der Waals surface area (Å²) in [6.45, 7) is 1.90. The van der Waals surface area contributed by atoms with E-state index in [2.05, 4.69) is 14.9 Å². The number of sulfone groups is 1. The molecule has 2 aromatic heterocycles. The number of benzene rings is 1. The average molecular weight is 395 g/mol. The largest absolute Gasteiger partial charge is 0.297 e. The first-order valence-electron chi connectivity index (χ1n) is 9.13. The van der Waals surface area contributed by atoms with Crippen LogP contribution in [0.5, 0.6) is 0 Å². The van der Waals surface area contributed by atoms with Gasteiger partial charge < -0.3 is 0 Å². The third-order valence-corrected chi connectivity index (χ3v) is 7.91. The van der Waals surface area contributed by atoms with Crippen LogP contribution in [0.1, 0.15) is 17.0 Å². The van der Waals surface area contributed by atoms with Crippen molar-refractivity contribution < 1.29 is 12.8 Å². The maximum atomic E-state index is 13.1. The molecular weight excluding hydrogens is 377 g/mol. The normalized spacial score (nSPS) is 22.8. The molecule has 1 aromatic carbocycles. The number of rotatable bonds is 3. The number of halogens is 1. The highest BCUT2D eigenvalue weighted by atomic mass is 32.2. The number of hydrogen-bond donors (Lipinski definition) is 0. The van der Waals surface area contributed by atoms with E-state index in [0.717, 1.165) is 22.3 Å². The Labute approximate surface area is 162 Å². The van der Waals surface area contributed by atoms with Gasteiger partial charge in [0.25, 0.3) is 0 Å². The molecule has 2 atom stereocenters. The Morgan fingerprint density at radius 2 is 1.93 bits per heavy atom. The highest BCUT2D eigenvalue weighted by molar-refractivity contribution is 7.92. The molecule has 0 spiro atoms. The van der Waals surface area contributed by atoms with Gasteiger partial charge in [-0.15, -0.1) is 0 Å². The second kappa shape index (κ2) is 6.46. The van der Waals surface area contributed by atoms with Crippen LogP contribution in [0.3, 0.4) is 0 Å². The maximum absolute atomic E-state index is 13.1. The molecule has 0 saturated carbocycles. The number of fused-ring (bicyclic) bond motifs is 3. The standard InChI is InChI=1S/C21H18FN3O2S/c22-21-6-4-16(10-24-21)15-3-5-19-17(8-15)18-12-25(13-20(18)28(19,26)27)11-14-2-1-7-23-9-14/h1-10,18,20H,11-13H2. The van der Waals surface area contributed by atoms with Crippen molar-refractivity contribution in [3.05, 3.63) is 78.1 Å². The summed E-state index contributed by atoms with van der Waals surface area (Å²) >= 11 is 0. The molecule has 2 aliphatic rings. The summed E-state index contributed by atoms with van der Waals surface area (Å²) in [5.41, 5.74) is 3.56. The van der Waals surface area contributed by atoms with E-state index < -0.39 is 21.0 Å². The van der Waals surface area contributed by atoms with Crippen molar-refractivity contribution in [2.24, 2.45) is 0 Å². The lowest BCUT2D eigenvalue weighted by Crippen LogP contribution is -2.25. The van der Waals surface area contributed by atoms with Crippen molar-refractivity contribution >= 4 is 9.84 Å². The highest BCUT2D eigenvalue weighted by Gasteiger charge is 2.50. The van der Waals surface area contributed by atoms with Gasteiger partial charge in [0.15, 0.2) is 9.84 Å². The molecule has 2 unspecified atom stereocenters. The summed E-state index contributed by atoms with van der Waals surface area (Å²) in [5.74, 6) is -0.584. The Hall–Kier alpha value is -2.64. The monoisotopic (exact) mass is 395 g/mol. The van der Waals surface area contributed by atoms with Crippen LogP contribution in [0.2, 0.25) is 0 Å². The first-order chi connectivity index (χ1) is 13.5. The van der Waals surface area contributed by atoms with Gasteiger partial charge in [0, 0.05) is 49.7 Å². The minimum absolute atomic E-state index is 0.0509. The molecule has 4 heterocycles. The molecule has 0 aliphatic carbocycles. The van der Waals surface area contributed by atoms with E-state index in [1.54, 1.807) is 24.4 Å². The zero-order valence-electron chi connectivity index (χ0n) is 15.0. The van der Waals surface area contributed by atoms with E-state index in [1.807, 2.05) is 24.4 Å². The first kappa shape index (κ1) is 17.5. The topological polar surface area (TPSA) is 63.2 Å². The van der Waals surface area contributed by atoms with E-state index >= 15 is 0 Å². The van der Waals surface area contributed by atoms with Gasteiger partial charge in [-0.3, -0.25) is 9.88 Å². The van der Waals surface area contributed by atoms with Crippen LogP contribution in [0.25, 0.3) is 11.1 Å². The summed E-state index contributed by atoms with van der Waals surface area (Å²) in [7, 11) is -3.35. The molecule has 3 aromatic rings. The molecule has 2 aliphatic heterocycles. The molecule has 28 heavy (non-hydrogen) atoms. The Morgan fingerprint density at radius 3 is 2.68 bits per heavy atom. The van der Waals surface area contributed by atoms with Crippen LogP contribution < -0.4 is 0 Å². The first-order valence-corrected chi connectivity index (χ1v) is 10.7. The molecule has 0 amide bonds. The fraction of sp³-hybridized carbons (Fsp3) is 0.238. The summed E-state index contributed by atoms with van der Waals surface area (Å²) in [6.07, 6.45) is 5.02. The van der Waals surface area contributed by atoms with Crippen LogP contribution in [0.15, 0.2) is 66.0 Å². The van der Waals surface area contributed by atoms with E-state index in [1.165, 1.54) is 12.3 Å². The second-order valence-corrected chi connectivity index (χ2v) is 9.50. The minimum Gasteiger partial charge on any atom is -0.297 e. The number of hydrogen-bond acceptors (Lipinski definition) is 5. The van der Waals surface area contributed by atoms with E-state index in [4.69, 9.17) is 0 Å². The average Bonchev–Trinajstić information content (AvgIpc) is 3.21. The zero-order valence-corrected chi connectivity index (χ0v) is 15.8. The quantitative estimate of drug-likeness (QED) is 0.638. The minimum atomic E-state index is -3.35. The number of pyridine rings is 2. The maximum Gasteiger partial charge on any atom is 0.212 e. The van der Waals surface area contributed by atoms with Crippen LogP contribution >= 0.6 is 0 Å². The molecule has 7 heteroatoms. The summed E-state index contributed by atoms with van der Waals surface area (Å²) in [4.78, 5) is 10.5. The molecule has 0 N–H and O–H groups in total. The second-order valence-electron chi connectivity index (χ2n) is 7.37. The van der Waals surface area contributed by atoms with Crippen molar-refractivity contribution in [3.63, 3.8) is 0 Å². The lowest BCUT2D eigenvalue weighted by Gasteiger charge is -2.17. The van der Waals surface area contributed by atoms with E-state index in [0.29, 0.717) is 24.5 Å². The van der Waals surface area contributed by atoms with Crippen molar-refractivity contribution in [3.8, 4) is 11.1 Å². The third kappa shape index (κ3) is 2.82. The lowest BCUT2D eigenvalue weighted by atomic mass is 9.95. The van der Waals surface area contributed by atoms with Crippen molar-refractivity contribution in [1.29, 1.82) is 0 Å². The predicted molar refractivity (Wildman–Crippen MR) is 103 cm³/mol. The summed E-state index contributed by atoms with van der Waals surface area (Å²) in [6, 6.07) is 12.3. The molecule has 5 rings (SSSR count). The van der Waals surface area contributed by atoms with Crippen molar-refractivity contribution in [1.82, 2.24) is 14.9 Å². The summed E-state index contributed by atoms with van der Waals surface area (Å²) < 4.78 is 39.2. The molecule has 0 radical (unpaired) electrons. The highest BCUT2D eigenvalue weighted by Crippen LogP contribution is 2.46. The van der Waals surface area contributed by atoms with Gasteiger partial charge in [-0.05, 0) is 47.0 Å². The number of likely N-dealkylation sites (tertiary alicyclic amines) is 1. The van der Waals surface area contributed by atoms with E-state index in [-0.39, 0.29) is 5.92 Å². The molecule has 142 valence electrons. The zero-order chi connectivity index (χ0) is 19.3. The molecule has 0 bridgehead atoms. The summed E-state index contributed by atoms with van der Waals surface area (Å²) in [5, 5.41) is -0.416. The van der Waals surface area contributed by atoms with Crippen molar-refractivity contribution in [2.75, 3.05) is 13.1 Å². The van der Waals surface area contributed by atoms with Crippen molar-refractivity contribution in [2.45, 2.75) is 22.6 Å². The Morgan fingerprint density at radius 1 is 1.07 bits per heavy atom. The molecule has 5 nitrogen and oxygen atoms in total. The third-order valence-electron chi connectivity index (χ3n) is 5.65. The molecular formula is C21H18FN3O2S. The van der Waals surface area contributed by atoms with Gasteiger partial charge in [0.05, 0.1) is 10.1 Å². The Kier molecular flexibility index (Phi) is 4.03. The Bertz CT molecular complexity index is 1130. The Balaban J connectivity index is 1.48. The lowest BCUT2D eigenvalue weighted by molar-refractivity contribution is 0.325. The van der Waals surface area contributed by atoms with Crippen LogP contribution in [0.4, 0.5) is 4.39 Å². The fourth-order valence-corrected chi connectivity index (χ4v) is 6.53. The van der Waals surface area contributed by atoms with Crippen LogP contribution in [0, 0.1) is 5.95 Å². The number of aromatic nitrogens is 2. The van der Waals surface area contributed by atoms with Gasteiger partial charge in [-0.1, -0.05) is 12.1 Å². The predicted octanol–water partition coefficient (Wildman–Crippen LogP) is 3.04. The number of nitrogens with zero attached hydrogens (tertiary/aromatic N) is 3. The van der Waals surface area contributed by atoms with Crippen LogP contribution in [-0.4, -0.2) is 41.6 Å². The smallest absolute Gasteiger partial charge is 0.212 e. The van der Waals surface area contributed by atoms with Gasteiger partial charge in [-0.2, -0.15) is 4.39 Å². The van der Waals surface area contributed by atoms with E-state index in [9.17, 15) is 12.8 Å². The van der Waals surface area contributed by atoms with Gasteiger partial charge in [0.1, 0.15) is 0 Å². The fourth-order valence-electron chi connectivity index (χ4n) is 4.33. The van der Waals surface area contributed by atoms with Gasteiger partial charge in [0.2, 0.25) is 5.95 Å². The van der Waals surface area contributed by atoms with Gasteiger partial charge >= 0.3 is 0 Å². The van der Waals surface area contributed by atoms with Gasteiger partial charge in [-0.25, -0.2) is 13.4 Å².